The summed E-state index contributed by atoms with van der Waals surface area (Å²) in [5.41, 5.74) is 0.475. The van der Waals surface area contributed by atoms with E-state index in [1.807, 2.05) is 0 Å². The minimum absolute atomic E-state index is 0.260. The van der Waals surface area contributed by atoms with Gasteiger partial charge in [0.05, 0.1) is 5.69 Å². The normalized spacial score (nSPS) is 15.0. The Balaban J connectivity index is 1.99. The Labute approximate surface area is 186 Å². The number of nitrogens with one attached hydrogen (secondary N) is 1. The Kier molecular flexibility index (Phi) is 5.89. The number of rotatable bonds is 4. The van der Waals surface area contributed by atoms with Crippen LogP contribution in [0.15, 0.2) is 36.4 Å². The largest absolute Gasteiger partial charge is 0.476 e. The molecule has 0 bridgehead atoms. The third-order valence-corrected chi connectivity index (χ3v) is 4.76. The molecule has 5 nitrogen and oxygen atoms in total. The van der Waals surface area contributed by atoms with E-state index in [-0.39, 0.29) is 5.91 Å². The van der Waals surface area contributed by atoms with Crippen molar-refractivity contribution in [2.75, 3.05) is 5.32 Å². The topological polar surface area (TPSA) is 64.6 Å². The fourth-order valence-corrected chi connectivity index (χ4v) is 3.26. The Morgan fingerprint density at radius 2 is 1.63 bits per heavy atom. The molecule has 0 saturated carbocycles. The molecule has 0 aliphatic carbocycles. The van der Waals surface area contributed by atoms with Crippen molar-refractivity contribution in [2.45, 2.75) is 45.8 Å². The number of benzene rings is 2. The van der Waals surface area contributed by atoms with E-state index in [0.717, 1.165) is 5.56 Å². The molecule has 7 heteroatoms. The number of carbonyl (C=O) groups excluding carboxylic acids is 2. The van der Waals surface area contributed by atoms with E-state index in [1.54, 1.807) is 77.1 Å². The Bertz CT molecular complexity index is 1050. The molecule has 3 rings (SSSR count). The molecule has 2 aromatic rings. The van der Waals surface area contributed by atoms with Gasteiger partial charge in [-0.1, -0.05) is 29.3 Å². The summed E-state index contributed by atoms with van der Waals surface area (Å²) < 4.78 is 11.5. The SMILES string of the molecule is CC(C)(C)OC(=O)C(C)(C)Oc1ccc(Cl)cc1C=C1C(=O)Nc2cc(Cl)ccc21. The number of fused-ring (bicyclic) bond motifs is 1. The standard InChI is InChI=1S/C23H23Cl2NO4/c1-22(2,3)30-21(28)23(4,5)29-19-9-7-14(24)10-13(19)11-17-16-8-6-15(25)12-18(16)26-20(17)27/h6-12H,1-5H3,(H,26,27). The first-order valence-corrected chi connectivity index (χ1v) is 10.2. The van der Waals surface area contributed by atoms with Gasteiger partial charge in [-0.15, -0.1) is 0 Å². The Hall–Kier alpha value is -2.50. The monoisotopic (exact) mass is 447 g/mol. The number of anilines is 1. The predicted octanol–water partition coefficient (Wildman–Crippen LogP) is 5.99. The molecule has 0 aromatic heterocycles. The third kappa shape index (κ3) is 4.97. The second-order valence-corrected chi connectivity index (χ2v) is 9.37. The zero-order chi connectivity index (χ0) is 22.3. The van der Waals surface area contributed by atoms with Crippen molar-refractivity contribution in [3.63, 3.8) is 0 Å². The van der Waals surface area contributed by atoms with Gasteiger partial charge in [-0.3, -0.25) is 4.79 Å². The van der Waals surface area contributed by atoms with Crippen LogP contribution in [-0.4, -0.2) is 23.1 Å². The van der Waals surface area contributed by atoms with E-state index in [4.69, 9.17) is 32.7 Å². The van der Waals surface area contributed by atoms with Crippen LogP contribution in [0.2, 0.25) is 10.0 Å². The maximum absolute atomic E-state index is 12.6. The van der Waals surface area contributed by atoms with Gasteiger partial charge >= 0.3 is 5.97 Å². The van der Waals surface area contributed by atoms with Gasteiger partial charge < -0.3 is 14.8 Å². The fraction of sp³-hybridized carbons (Fsp3) is 0.304. The number of hydrogen-bond donors (Lipinski definition) is 1. The molecule has 1 N–H and O–H groups in total. The molecular formula is C23H23Cl2NO4. The van der Waals surface area contributed by atoms with Gasteiger partial charge in [-0.2, -0.15) is 0 Å². The average Bonchev–Trinajstić information content (AvgIpc) is 2.90. The summed E-state index contributed by atoms with van der Waals surface area (Å²) in [6.07, 6.45) is 1.68. The third-order valence-electron chi connectivity index (χ3n) is 4.29. The number of ether oxygens (including phenoxy) is 2. The van der Waals surface area contributed by atoms with E-state index >= 15 is 0 Å². The highest BCUT2D eigenvalue weighted by molar-refractivity contribution is 6.37. The summed E-state index contributed by atoms with van der Waals surface area (Å²) in [4.78, 5) is 25.1. The molecule has 30 heavy (non-hydrogen) atoms. The molecule has 1 amide bonds. The van der Waals surface area contributed by atoms with Gasteiger partial charge in [0.15, 0.2) is 5.60 Å². The minimum Gasteiger partial charge on any atom is -0.476 e. The molecule has 158 valence electrons. The summed E-state index contributed by atoms with van der Waals surface area (Å²) in [5, 5.41) is 3.80. The summed E-state index contributed by atoms with van der Waals surface area (Å²) in [7, 11) is 0. The molecule has 1 aliphatic rings. The lowest BCUT2D eigenvalue weighted by molar-refractivity contribution is -0.170. The lowest BCUT2D eigenvalue weighted by atomic mass is 10.0. The Morgan fingerprint density at radius 3 is 2.30 bits per heavy atom. The molecular weight excluding hydrogens is 425 g/mol. The molecule has 0 unspecified atom stereocenters. The zero-order valence-electron chi connectivity index (χ0n) is 17.4. The Morgan fingerprint density at radius 1 is 1.00 bits per heavy atom. The number of carbonyl (C=O) groups is 2. The van der Waals surface area contributed by atoms with Crippen LogP contribution >= 0.6 is 23.2 Å². The van der Waals surface area contributed by atoms with Gasteiger partial charge in [0.2, 0.25) is 0 Å². The summed E-state index contributed by atoms with van der Waals surface area (Å²) >= 11 is 12.2. The molecule has 0 atom stereocenters. The molecule has 1 heterocycles. The van der Waals surface area contributed by atoms with Crippen molar-refractivity contribution in [2.24, 2.45) is 0 Å². The molecule has 0 radical (unpaired) electrons. The minimum atomic E-state index is -1.25. The van der Waals surface area contributed by atoms with E-state index in [1.165, 1.54) is 0 Å². The maximum Gasteiger partial charge on any atom is 0.350 e. The van der Waals surface area contributed by atoms with Crippen molar-refractivity contribution in [3.05, 3.63) is 57.6 Å². The van der Waals surface area contributed by atoms with Crippen LogP contribution in [0.25, 0.3) is 11.6 Å². The maximum atomic E-state index is 12.6. The molecule has 2 aromatic carbocycles. The van der Waals surface area contributed by atoms with Crippen LogP contribution < -0.4 is 10.1 Å². The molecule has 1 aliphatic heterocycles. The zero-order valence-corrected chi connectivity index (χ0v) is 18.9. The lowest BCUT2D eigenvalue weighted by Gasteiger charge is -2.29. The highest BCUT2D eigenvalue weighted by atomic mass is 35.5. The van der Waals surface area contributed by atoms with Crippen LogP contribution in [-0.2, 0) is 14.3 Å². The van der Waals surface area contributed by atoms with Gasteiger partial charge in [0.25, 0.3) is 5.91 Å². The second kappa shape index (κ2) is 7.97. The summed E-state index contributed by atoms with van der Waals surface area (Å²) in [6, 6.07) is 10.2. The fourth-order valence-electron chi connectivity index (χ4n) is 2.91. The quantitative estimate of drug-likeness (QED) is 0.461. The average molecular weight is 448 g/mol. The van der Waals surface area contributed by atoms with Gasteiger partial charge in [0.1, 0.15) is 11.4 Å². The van der Waals surface area contributed by atoms with Crippen molar-refractivity contribution >= 4 is 52.4 Å². The highest BCUT2D eigenvalue weighted by Gasteiger charge is 2.35. The van der Waals surface area contributed by atoms with Crippen LogP contribution in [0.5, 0.6) is 5.75 Å². The van der Waals surface area contributed by atoms with Gasteiger partial charge in [-0.05, 0) is 71.0 Å². The van der Waals surface area contributed by atoms with Crippen LogP contribution in [0.4, 0.5) is 5.69 Å². The first kappa shape index (κ1) is 22.2. The highest BCUT2D eigenvalue weighted by Crippen LogP contribution is 2.37. The van der Waals surface area contributed by atoms with Crippen molar-refractivity contribution < 1.29 is 19.1 Å². The van der Waals surface area contributed by atoms with E-state index in [0.29, 0.717) is 32.6 Å². The van der Waals surface area contributed by atoms with E-state index in [9.17, 15) is 9.59 Å². The smallest absolute Gasteiger partial charge is 0.350 e. The first-order chi connectivity index (χ1) is 13.9. The van der Waals surface area contributed by atoms with Crippen LogP contribution in [0.3, 0.4) is 0 Å². The number of hydrogen-bond acceptors (Lipinski definition) is 4. The first-order valence-electron chi connectivity index (χ1n) is 9.41. The number of halogens is 2. The molecule has 0 fully saturated rings. The van der Waals surface area contributed by atoms with Crippen molar-refractivity contribution in [3.8, 4) is 5.75 Å². The summed E-state index contributed by atoms with van der Waals surface area (Å²) in [5.74, 6) is -0.357. The van der Waals surface area contributed by atoms with E-state index in [2.05, 4.69) is 5.32 Å². The van der Waals surface area contributed by atoms with Crippen molar-refractivity contribution in [1.82, 2.24) is 0 Å². The number of esters is 1. The van der Waals surface area contributed by atoms with E-state index < -0.39 is 17.2 Å². The van der Waals surface area contributed by atoms with Gasteiger partial charge in [0, 0.05) is 26.7 Å². The van der Waals surface area contributed by atoms with Crippen molar-refractivity contribution in [1.29, 1.82) is 0 Å². The summed E-state index contributed by atoms with van der Waals surface area (Å²) in [6.45, 7) is 8.64. The lowest BCUT2D eigenvalue weighted by Crippen LogP contribution is -2.43. The number of amides is 1. The second-order valence-electron chi connectivity index (χ2n) is 8.50. The predicted molar refractivity (Wildman–Crippen MR) is 120 cm³/mol. The molecule has 0 spiro atoms. The molecule has 0 saturated heterocycles. The van der Waals surface area contributed by atoms with Gasteiger partial charge in [-0.25, -0.2) is 4.79 Å². The van der Waals surface area contributed by atoms with Crippen LogP contribution in [0.1, 0.15) is 45.7 Å². The van der Waals surface area contributed by atoms with Crippen LogP contribution in [0, 0.1) is 0 Å².